The summed E-state index contributed by atoms with van der Waals surface area (Å²) in [5.41, 5.74) is 0.798. The number of carbonyl (C=O) groups is 1. The van der Waals surface area contributed by atoms with Crippen LogP contribution in [0.1, 0.15) is 12.2 Å². The summed E-state index contributed by atoms with van der Waals surface area (Å²) in [4.78, 5) is 11.7. The van der Waals surface area contributed by atoms with Gasteiger partial charge in [0.15, 0.2) is 5.65 Å². The van der Waals surface area contributed by atoms with Crippen LogP contribution in [0, 0.1) is 5.92 Å². The topological polar surface area (TPSA) is 59.3 Å². The van der Waals surface area contributed by atoms with Gasteiger partial charge >= 0.3 is 0 Å². The van der Waals surface area contributed by atoms with Gasteiger partial charge in [-0.25, -0.2) is 0 Å². The summed E-state index contributed by atoms with van der Waals surface area (Å²) in [6.45, 7) is 0.495. The van der Waals surface area contributed by atoms with Crippen LogP contribution in [0.3, 0.4) is 0 Å². The van der Waals surface area contributed by atoms with Crippen LogP contribution >= 0.6 is 23.2 Å². The molecule has 2 heterocycles. The maximum absolute atomic E-state index is 11.7. The number of alkyl halides is 2. The molecule has 7 heteroatoms. The normalized spacial score (nSPS) is 20.4. The molecule has 1 saturated carbocycles. The highest BCUT2D eigenvalue weighted by Crippen LogP contribution is 2.53. The van der Waals surface area contributed by atoms with Gasteiger partial charge in [-0.1, -0.05) is 6.07 Å². The predicted molar refractivity (Wildman–Crippen MR) is 72.2 cm³/mol. The Labute approximate surface area is 119 Å². The molecule has 0 aromatic carbocycles. The summed E-state index contributed by atoms with van der Waals surface area (Å²) in [5, 5.41) is 11.0. The molecule has 1 aliphatic rings. The summed E-state index contributed by atoms with van der Waals surface area (Å²) in [6, 6.07) is 5.70. The molecule has 5 nitrogen and oxygen atoms in total. The van der Waals surface area contributed by atoms with Crippen LogP contribution in [-0.2, 0) is 11.2 Å². The second-order valence-electron chi connectivity index (χ2n) is 4.60. The quantitative estimate of drug-likeness (QED) is 0.872. The van der Waals surface area contributed by atoms with E-state index >= 15 is 0 Å². The third kappa shape index (κ3) is 2.53. The maximum atomic E-state index is 11.7. The molecule has 2 aromatic heterocycles. The smallest absolute Gasteiger partial charge is 0.226 e. The van der Waals surface area contributed by atoms with Crippen molar-refractivity contribution in [3.05, 3.63) is 30.2 Å². The number of nitrogens with zero attached hydrogens (tertiary/aromatic N) is 3. The fourth-order valence-electron chi connectivity index (χ4n) is 1.98. The van der Waals surface area contributed by atoms with E-state index in [1.165, 1.54) is 0 Å². The Morgan fingerprint density at radius 1 is 1.47 bits per heavy atom. The Balaban J connectivity index is 1.57. The lowest BCUT2D eigenvalue weighted by molar-refractivity contribution is -0.122. The highest BCUT2D eigenvalue weighted by Gasteiger charge is 2.56. The fraction of sp³-hybridized carbons (Fsp3) is 0.417. The zero-order valence-corrected chi connectivity index (χ0v) is 11.5. The van der Waals surface area contributed by atoms with Gasteiger partial charge in [-0.3, -0.25) is 9.20 Å². The number of hydrogen-bond donors (Lipinski definition) is 1. The Bertz CT molecular complexity index is 625. The van der Waals surface area contributed by atoms with Crippen LogP contribution in [0.25, 0.3) is 5.65 Å². The SMILES string of the molecule is O=C(NCCc1nnc2ccccn12)C1CC1(Cl)Cl. The zero-order chi connectivity index (χ0) is 13.5. The monoisotopic (exact) mass is 298 g/mol. The van der Waals surface area contributed by atoms with Crippen molar-refractivity contribution in [1.29, 1.82) is 0 Å². The Morgan fingerprint density at radius 2 is 2.26 bits per heavy atom. The van der Waals surface area contributed by atoms with Crippen LogP contribution in [0.15, 0.2) is 24.4 Å². The number of amides is 1. The van der Waals surface area contributed by atoms with Crippen molar-refractivity contribution in [2.75, 3.05) is 6.54 Å². The Hall–Kier alpha value is -1.33. The molecule has 1 aliphatic carbocycles. The first-order valence-electron chi connectivity index (χ1n) is 6.02. The first-order valence-corrected chi connectivity index (χ1v) is 6.78. The predicted octanol–water partition coefficient (Wildman–Crippen LogP) is 1.58. The number of halogens is 2. The van der Waals surface area contributed by atoms with Gasteiger partial charge in [0.25, 0.3) is 0 Å². The van der Waals surface area contributed by atoms with Crippen molar-refractivity contribution in [2.24, 2.45) is 5.92 Å². The minimum Gasteiger partial charge on any atom is -0.355 e. The molecule has 0 bridgehead atoms. The van der Waals surface area contributed by atoms with E-state index in [0.717, 1.165) is 11.5 Å². The Morgan fingerprint density at radius 3 is 3.00 bits per heavy atom. The van der Waals surface area contributed by atoms with Gasteiger partial charge in [0.2, 0.25) is 5.91 Å². The second-order valence-corrected chi connectivity index (χ2v) is 6.15. The lowest BCUT2D eigenvalue weighted by Gasteiger charge is -2.04. The molecule has 3 rings (SSSR count). The molecule has 0 radical (unpaired) electrons. The van der Waals surface area contributed by atoms with Crippen LogP contribution in [0.5, 0.6) is 0 Å². The summed E-state index contributed by atoms with van der Waals surface area (Å²) in [6.07, 6.45) is 3.03. The average molecular weight is 299 g/mol. The van der Waals surface area contributed by atoms with Gasteiger partial charge in [-0.05, 0) is 18.6 Å². The first kappa shape index (κ1) is 12.7. The van der Waals surface area contributed by atoms with Crippen molar-refractivity contribution < 1.29 is 4.79 Å². The highest BCUT2D eigenvalue weighted by molar-refractivity contribution is 6.52. The summed E-state index contributed by atoms with van der Waals surface area (Å²) >= 11 is 11.7. The van der Waals surface area contributed by atoms with Gasteiger partial charge in [-0.15, -0.1) is 33.4 Å². The van der Waals surface area contributed by atoms with Crippen molar-refractivity contribution in [3.63, 3.8) is 0 Å². The number of aromatic nitrogens is 3. The number of carbonyl (C=O) groups excluding carboxylic acids is 1. The van der Waals surface area contributed by atoms with E-state index in [2.05, 4.69) is 15.5 Å². The lowest BCUT2D eigenvalue weighted by atomic mass is 10.3. The molecular weight excluding hydrogens is 287 g/mol. The van der Waals surface area contributed by atoms with E-state index in [4.69, 9.17) is 23.2 Å². The highest BCUT2D eigenvalue weighted by atomic mass is 35.5. The van der Waals surface area contributed by atoms with Gasteiger partial charge in [0.05, 0.1) is 5.92 Å². The van der Waals surface area contributed by atoms with Crippen molar-refractivity contribution in [2.45, 2.75) is 17.2 Å². The molecule has 0 spiro atoms. The largest absolute Gasteiger partial charge is 0.355 e. The van der Waals surface area contributed by atoms with Crippen molar-refractivity contribution in [1.82, 2.24) is 19.9 Å². The molecule has 1 fully saturated rings. The van der Waals surface area contributed by atoms with Crippen LogP contribution in [0.4, 0.5) is 0 Å². The molecule has 1 amide bonds. The minimum atomic E-state index is -0.869. The maximum Gasteiger partial charge on any atom is 0.226 e. The Kier molecular flexibility index (Phi) is 3.11. The fourth-order valence-corrected chi connectivity index (χ4v) is 2.49. The zero-order valence-electron chi connectivity index (χ0n) is 10.0. The van der Waals surface area contributed by atoms with E-state index < -0.39 is 4.33 Å². The summed E-state index contributed by atoms with van der Waals surface area (Å²) in [7, 11) is 0. The third-order valence-electron chi connectivity index (χ3n) is 3.17. The van der Waals surface area contributed by atoms with E-state index in [9.17, 15) is 4.79 Å². The molecule has 19 heavy (non-hydrogen) atoms. The van der Waals surface area contributed by atoms with Crippen LogP contribution < -0.4 is 5.32 Å². The number of hydrogen-bond acceptors (Lipinski definition) is 3. The lowest BCUT2D eigenvalue weighted by Crippen LogP contribution is -2.29. The number of nitrogens with one attached hydrogen (secondary N) is 1. The minimum absolute atomic E-state index is 0.0983. The molecular formula is C12H12Cl2N4O. The molecule has 0 aliphatic heterocycles. The molecule has 100 valence electrons. The average Bonchev–Trinajstić information content (AvgIpc) is 2.85. The molecule has 2 aromatic rings. The van der Waals surface area contributed by atoms with Crippen molar-refractivity contribution in [3.8, 4) is 0 Å². The summed E-state index contributed by atoms with van der Waals surface area (Å²) < 4.78 is 1.03. The van der Waals surface area contributed by atoms with E-state index in [0.29, 0.717) is 19.4 Å². The first-order chi connectivity index (χ1) is 9.08. The molecule has 0 saturated heterocycles. The van der Waals surface area contributed by atoms with Gasteiger partial charge in [-0.2, -0.15) is 0 Å². The van der Waals surface area contributed by atoms with E-state index in [-0.39, 0.29) is 11.8 Å². The third-order valence-corrected chi connectivity index (χ3v) is 4.01. The number of pyridine rings is 1. The van der Waals surface area contributed by atoms with E-state index in [1.807, 2.05) is 28.8 Å². The standard InChI is InChI=1S/C12H12Cl2N4O/c13-12(14)7-8(12)11(19)15-5-4-10-17-16-9-3-1-2-6-18(9)10/h1-3,6,8H,4-5,7H2,(H,15,19). The van der Waals surface area contributed by atoms with Gasteiger partial charge in [0.1, 0.15) is 10.2 Å². The molecule has 1 atom stereocenters. The second kappa shape index (κ2) is 4.65. The van der Waals surface area contributed by atoms with Crippen LogP contribution in [-0.4, -0.2) is 31.4 Å². The molecule has 1 unspecified atom stereocenters. The van der Waals surface area contributed by atoms with E-state index in [1.54, 1.807) is 0 Å². The summed E-state index contributed by atoms with van der Waals surface area (Å²) in [5.74, 6) is 0.430. The number of fused-ring (bicyclic) bond motifs is 1. The van der Waals surface area contributed by atoms with Crippen LogP contribution in [0.2, 0.25) is 0 Å². The number of rotatable bonds is 4. The van der Waals surface area contributed by atoms with Gasteiger partial charge < -0.3 is 5.32 Å². The van der Waals surface area contributed by atoms with Gasteiger partial charge in [0, 0.05) is 19.2 Å². The molecule has 1 N–H and O–H groups in total. The van der Waals surface area contributed by atoms with Crippen molar-refractivity contribution >= 4 is 34.8 Å².